The molecule has 4 nitrogen and oxygen atoms in total. The van der Waals surface area contributed by atoms with Crippen molar-refractivity contribution >= 4 is 11.6 Å². The average Bonchev–Trinajstić information content (AvgIpc) is 2.92. The van der Waals surface area contributed by atoms with E-state index < -0.39 is 5.54 Å². The SMILES string of the molecule is CCCC(C)(N)C(=O)Nc1cccc(OC2CCCC2)c1. The van der Waals surface area contributed by atoms with Gasteiger partial charge in [-0.3, -0.25) is 4.79 Å². The second-order valence-corrected chi connectivity index (χ2v) is 6.17. The van der Waals surface area contributed by atoms with E-state index in [0.29, 0.717) is 12.5 Å². The summed E-state index contributed by atoms with van der Waals surface area (Å²) in [5.41, 5.74) is 5.95. The average molecular weight is 290 g/mol. The van der Waals surface area contributed by atoms with Gasteiger partial charge in [-0.2, -0.15) is 0 Å². The molecule has 1 aromatic carbocycles. The van der Waals surface area contributed by atoms with E-state index in [2.05, 4.69) is 5.32 Å². The Labute approximate surface area is 127 Å². The van der Waals surface area contributed by atoms with Crippen LogP contribution in [-0.2, 0) is 4.79 Å². The second-order valence-electron chi connectivity index (χ2n) is 6.17. The van der Waals surface area contributed by atoms with Gasteiger partial charge in [0.05, 0.1) is 11.6 Å². The standard InChI is InChI=1S/C17H26N2O2/c1-3-11-17(2,18)16(20)19-13-7-6-10-15(12-13)21-14-8-4-5-9-14/h6-7,10,12,14H,3-5,8-9,11,18H2,1-2H3,(H,19,20). The molecule has 1 atom stereocenters. The fraction of sp³-hybridized carbons (Fsp3) is 0.588. The van der Waals surface area contributed by atoms with Crippen LogP contribution in [0.25, 0.3) is 0 Å². The minimum atomic E-state index is -0.836. The first kappa shape index (κ1) is 15.8. The molecule has 0 aliphatic heterocycles. The summed E-state index contributed by atoms with van der Waals surface area (Å²) in [5, 5.41) is 2.89. The normalized spacial score (nSPS) is 18.2. The number of nitrogens with two attached hydrogens (primary N) is 1. The molecule has 0 heterocycles. The number of benzene rings is 1. The van der Waals surface area contributed by atoms with Gasteiger partial charge in [0, 0.05) is 11.8 Å². The van der Waals surface area contributed by atoms with Crippen molar-refractivity contribution in [3.63, 3.8) is 0 Å². The van der Waals surface area contributed by atoms with Gasteiger partial charge >= 0.3 is 0 Å². The van der Waals surface area contributed by atoms with Crippen LogP contribution >= 0.6 is 0 Å². The minimum Gasteiger partial charge on any atom is -0.490 e. The summed E-state index contributed by atoms with van der Waals surface area (Å²) in [6.45, 7) is 3.79. The zero-order valence-corrected chi connectivity index (χ0v) is 13.0. The quantitative estimate of drug-likeness (QED) is 0.843. The van der Waals surface area contributed by atoms with Crippen LogP contribution in [-0.4, -0.2) is 17.6 Å². The van der Waals surface area contributed by atoms with Crippen LogP contribution in [0.3, 0.4) is 0 Å². The van der Waals surface area contributed by atoms with Gasteiger partial charge in [-0.1, -0.05) is 19.4 Å². The highest BCUT2D eigenvalue weighted by atomic mass is 16.5. The maximum atomic E-state index is 12.2. The summed E-state index contributed by atoms with van der Waals surface area (Å²) in [4.78, 5) is 12.2. The number of nitrogens with one attached hydrogen (secondary N) is 1. The second kappa shape index (κ2) is 6.94. The van der Waals surface area contributed by atoms with Gasteiger partial charge in [0.1, 0.15) is 5.75 Å². The Kier molecular flexibility index (Phi) is 5.23. The molecule has 0 spiro atoms. The lowest BCUT2D eigenvalue weighted by Gasteiger charge is -2.23. The molecule has 21 heavy (non-hydrogen) atoms. The van der Waals surface area contributed by atoms with Crippen LogP contribution in [0.5, 0.6) is 5.75 Å². The predicted octanol–water partition coefficient (Wildman–Crippen LogP) is 3.46. The van der Waals surface area contributed by atoms with E-state index in [1.165, 1.54) is 12.8 Å². The Morgan fingerprint density at radius 3 is 2.81 bits per heavy atom. The van der Waals surface area contributed by atoms with E-state index in [9.17, 15) is 4.79 Å². The highest BCUT2D eigenvalue weighted by molar-refractivity contribution is 5.97. The van der Waals surface area contributed by atoms with E-state index >= 15 is 0 Å². The number of hydrogen-bond donors (Lipinski definition) is 2. The minimum absolute atomic E-state index is 0.151. The smallest absolute Gasteiger partial charge is 0.244 e. The molecule has 1 unspecified atom stereocenters. The fourth-order valence-electron chi connectivity index (χ4n) is 2.75. The Balaban J connectivity index is 1.98. The van der Waals surface area contributed by atoms with Crippen LogP contribution in [0.2, 0.25) is 0 Å². The summed E-state index contributed by atoms with van der Waals surface area (Å²) in [6.07, 6.45) is 6.58. The molecule has 0 bridgehead atoms. The van der Waals surface area contributed by atoms with Gasteiger partial charge in [0.15, 0.2) is 0 Å². The molecule has 3 N–H and O–H groups in total. The lowest BCUT2D eigenvalue weighted by molar-refractivity contribution is -0.120. The van der Waals surface area contributed by atoms with Gasteiger partial charge in [0.25, 0.3) is 0 Å². The van der Waals surface area contributed by atoms with Crippen LogP contribution < -0.4 is 15.8 Å². The lowest BCUT2D eigenvalue weighted by atomic mass is 9.96. The van der Waals surface area contributed by atoms with Crippen LogP contribution in [0.4, 0.5) is 5.69 Å². The van der Waals surface area contributed by atoms with Gasteiger partial charge in [-0.05, 0) is 51.2 Å². The topological polar surface area (TPSA) is 64.4 Å². The molecule has 1 aromatic rings. The van der Waals surface area contributed by atoms with E-state index in [4.69, 9.17) is 10.5 Å². The third-order valence-electron chi connectivity index (χ3n) is 3.98. The summed E-state index contributed by atoms with van der Waals surface area (Å²) in [6, 6.07) is 7.56. The van der Waals surface area contributed by atoms with Crippen molar-refractivity contribution in [2.24, 2.45) is 5.73 Å². The van der Waals surface area contributed by atoms with Crippen molar-refractivity contribution in [2.75, 3.05) is 5.32 Å². The van der Waals surface area contributed by atoms with Crippen molar-refractivity contribution < 1.29 is 9.53 Å². The van der Waals surface area contributed by atoms with Gasteiger partial charge in [-0.15, -0.1) is 0 Å². The summed E-state index contributed by atoms with van der Waals surface area (Å²) >= 11 is 0. The number of hydrogen-bond acceptors (Lipinski definition) is 3. The van der Waals surface area contributed by atoms with Gasteiger partial charge in [0.2, 0.25) is 5.91 Å². The van der Waals surface area contributed by atoms with Crippen molar-refractivity contribution in [3.05, 3.63) is 24.3 Å². The molecule has 1 fully saturated rings. The van der Waals surface area contributed by atoms with E-state index in [1.807, 2.05) is 31.2 Å². The molecule has 0 aromatic heterocycles. The Morgan fingerprint density at radius 2 is 2.14 bits per heavy atom. The molecule has 0 radical (unpaired) electrons. The van der Waals surface area contributed by atoms with Crippen LogP contribution in [0, 0.1) is 0 Å². The maximum absolute atomic E-state index is 12.2. The van der Waals surface area contributed by atoms with E-state index in [0.717, 1.165) is 30.7 Å². The third-order valence-corrected chi connectivity index (χ3v) is 3.98. The van der Waals surface area contributed by atoms with E-state index in [-0.39, 0.29) is 5.91 Å². The molecule has 1 aliphatic carbocycles. The van der Waals surface area contributed by atoms with Crippen molar-refractivity contribution in [1.29, 1.82) is 0 Å². The summed E-state index contributed by atoms with van der Waals surface area (Å²) in [5.74, 6) is 0.663. The first-order valence-corrected chi connectivity index (χ1v) is 7.88. The zero-order chi connectivity index (χ0) is 15.3. The molecule has 116 valence electrons. The van der Waals surface area contributed by atoms with E-state index in [1.54, 1.807) is 6.92 Å². The van der Waals surface area contributed by atoms with Crippen molar-refractivity contribution in [2.45, 2.75) is 64.0 Å². The number of rotatable bonds is 6. The predicted molar refractivity (Wildman–Crippen MR) is 85.5 cm³/mol. The largest absolute Gasteiger partial charge is 0.490 e. The molecule has 0 saturated heterocycles. The first-order valence-electron chi connectivity index (χ1n) is 7.88. The molecular formula is C17H26N2O2. The van der Waals surface area contributed by atoms with Crippen LogP contribution in [0.1, 0.15) is 52.4 Å². The van der Waals surface area contributed by atoms with Gasteiger partial charge < -0.3 is 15.8 Å². The maximum Gasteiger partial charge on any atom is 0.244 e. The van der Waals surface area contributed by atoms with Crippen LogP contribution in [0.15, 0.2) is 24.3 Å². The van der Waals surface area contributed by atoms with Crippen molar-refractivity contribution in [3.8, 4) is 5.75 Å². The molecule has 1 amide bonds. The van der Waals surface area contributed by atoms with Crippen molar-refractivity contribution in [1.82, 2.24) is 0 Å². The number of anilines is 1. The highest BCUT2D eigenvalue weighted by Crippen LogP contribution is 2.26. The molecule has 4 heteroatoms. The monoisotopic (exact) mass is 290 g/mol. The molecule has 2 rings (SSSR count). The molecular weight excluding hydrogens is 264 g/mol. The lowest BCUT2D eigenvalue weighted by Crippen LogP contribution is -2.48. The Morgan fingerprint density at radius 1 is 1.43 bits per heavy atom. The summed E-state index contributed by atoms with van der Waals surface area (Å²) < 4.78 is 5.95. The Hall–Kier alpha value is -1.55. The third kappa shape index (κ3) is 4.46. The number of carbonyl (C=O) groups is 1. The number of amides is 1. The molecule has 1 aliphatic rings. The fourth-order valence-corrected chi connectivity index (χ4v) is 2.75. The van der Waals surface area contributed by atoms with Gasteiger partial charge in [-0.25, -0.2) is 0 Å². The molecule has 1 saturated carbocycles. The number of ether oxygens (including phenoxy) is 1. The first-order chi connectivity index (χ1) is 10.0. The number of carbonyl (C=O) groups excluding carboxylic acids is 1. The zero-order valence-electron chi connectivity index (χ0n) is 13.0. The summed E-state index contributed by atoms with van der Waals surface area (Å²) in [7, 11) is 0. The Bertz CT molecular complexity index is 479. The highest BCUT2D eigenvalue weighted by Gasteiger charge is 2.27.